The van der Waals surface area contributed by atoms with Crippen LogP contribution in [0.3, 0.4) is 0 Å². The molecule has 2 unspecified atom stereocenters. The quantitative estimate of drug-likeness (QED) is 0.638. The molecule has 0 saturated heterocycles. The van der Waals surface area contributed by atoms with E-state index in [9.17, 15) is 0 Å². The fourth-order valence-electron chi connectivity index (χ4n) is 2.27. The van der Waals surface area contributed by atoms with E-state index in [1.54, 1.807) is 0 Å². The molecule has 0 aromatic rings. The molecule has 1 aliphatic carbocycles. The highest BCUT2D eigenvalue weighted by molar-refractivity contribution is 6.21. The van der Waals surface area contributed by atoms with Crippen LogP contribution in [0, 0.1) is 5.92 Å². The number of alkyl halides is 1. The van der Waals surface area contributed by atoms with E-state index in [0.29, 0.717) is 11.4 Å². The minimum absolute atomic E-state index is 0.387. The van der Waals surface area contributed by atoms with Crippen molar-refractivity contribution in [3.05, 3.63) is 0 Å². The molecule has 0 bridgehead atoms. The van der Waals surface area contributed by atoms with Crippen LogP contribution in [0.4, 0.5) is 0 Å². The molecule has 2 heteroatoms. The van der Waals surface area contributed by atoms with E-state index < -0.39 is 0 Å². The van der Waals surface area contributed by atoms with E-state index in [1.807, 2.05) is 0 Å². The molecular formula is C11H22ClN. The topological polar surface area (TPSA) is 3.24 Å². The van der Waals surface area contributed by atoms with Crippen LogP contribution >= 0.6 is 11.6 Å². The second-order valence-electron chi connectivity index (χ2n) is 4.70. The Bertz CT molecular complexity index is 147. The van der Waals surface area contributed by atoms with Gasteiger partial charge in [-0.25, -0.2) is 0 Å². The van der Waals surface area contributed by atoms with Crippen LogP contribution in [-0.2, 0) is 0 Å². The Balaban J connectivity index is 2.39. The average Bonchev–Trinajstić information content (AvgIpc) is 2.03. The maximum atomic E-state index is 6.32. The van der Waals surface area contributed by atoms with Crippen molar-refractivity contribution in [1.29, 1.82) is 0 Å². The molecule has 78 valence electrons. The zero-order chi connectivity index (χ0) is 9.84. The van der Waals surface area contributed by atoms with Crippen molar-refractivity contribution in [3.8, 4) is 0 Å². The van der Waals surface area contributed by atoms with Crippen LogP contribution in [0.2, 0.25) is 0 Å². The van der Waals surface area contributed by atoms with Crippen molar-refractivity contribution < 1.29 is 0 Å². The van der Waals surface area contributed by atoms with Crippen molar-refractivity contribution in [3.63, 3.8) is 0 Å². The first-order chi connectivity index (χ1) is 6.11. The monoisotopic (exact) mass is 203 g/mol. The predicted octanol–water partition coefficient (Wildman–Crippen LogP) is 3.12. The third kappa shape index (κ3) is 3.47. The first-order valence-electron chi connectivity index (χ1n) is 5.45. The highest BCUT2D eigenvalue weighted by Crippen LogP contribution is 2.26. The lowest BCUT2D eigenvalue weighted by atomic mass is 9.93. The molecule has 0 aromatic heterocycles. The summed E-state index contributed by atoms with van der Waals surface area (Å²) in [4.78, 5) is 2.45. The van der Waals surface area contributed by atoms with Gasteiger partial charge in [0.1, 0.15) is 0 Å². The number of rotatable bonds is 3. The van der Waals surface area contributed by atoms with E-state index in [-0.39, 0.29) is 0 Å². The van der Waals surface area contributed by atoms with E-state index in [2.05, 4.69) is 25.8 Å². The molecule has 0 amide bonds. The van der Waals surface area contributed by atoms with Gasteiger partial charge in [-0.05, 0) is 25.8 Å². The molecule has 13 heavy (non-hydrogen) atoms. The van der Waals surface area contributed by atoms with Crippen molar-refractivity contribution >= 4 is 11.6 Å². The molecule has 0 N–H and O–H groups in total. The standard InChI is InChI=1S/C11H22ClN/c1-9(2)8-13(3)11-7-5-4-6-10(11)12/h9-11H,4-8H2,1-3H3. The zero-order valence-electron chi connectivity index (χ0n) is 9.09. The van der Waals surface area contributed by atoms with Crippen LogP contribution in [0.5, 0.6) is 0 Å². The Morgan fingerprint density at radius 2 is 1.92 bits per heavy atom. The third-order valence-electron chi connectivity index (χ3n) is 2.87. The van der Waals surface area contributed by atoms with Crippen molar-refractivity contribution in [1.82, 2.24) is 4.90 Å². The summed E-state index contributed by atoms with van der Waals surface area (Å²) in [5, 5.41) is 0.387. The van der Waals surface area contributed by atoms with Crippen molar-refractivity contribution in [2.24, 2.45) is 5.92 Å². The first-order valence-corrected chi connectivity index (χ1v) is 5.89. The molecule has 0 aromatic carbocycles. The van der Waals surface area contributed by atoms with Crippen LogP contribution in [-0.4, -0.2) is 29.9 Å². The van der Waals surface area contributed by atoms with E-state index in [4.69, 9.17) is 11.6 Å². The normalized spacial score (nSPS) is 30.0. The van der Waals surface area contributed by atoms with E-state index in [0.717, 1.165) is 5.92 Å². The summed E-state index contributed by atoms with van der Waals surface area (Å²) in [5.41, 5.74) is 0. The Labute approximate surface area is 87.4 Å². The molecule has 0 heterocycles. The van der Waals surface area contributed by atoms with Gasteiger partial charge in [-0.1, -0.05) is 26.7 Å². The highest BCUT2D eigenvalue weighted by Gasteiger charge is 2.26. The molecule has 1 nitrogen and oxygen atoms in total. The lowest BCUT2D eigenvalue weighted by Gasteiger charge is -2.35. The van der Waals surface area contributed by atoms with E-state index in [1.165, 1.54) is 32.2 Å². The summed E-state index contributed by atoms with van der Waals surface area (Å²) in [5.74, 6) is 0.746. The van der Waals surface area contributed by atoms with Gasteiger partial charge in [-0.3, -0.25) is 0 Å². The summed E-state index contributed by atoms with van der Waals surface area (Å²) < 4.78 is 0. The lowest BCUT2D eigenvalue weighted by Crippen LogP contribution is -2.42. The van der Waals surface area contributed by atoms with Gasteiger partial charge in [0.25, 0.3) is 0 Å². The predicted molar refractivity (Wildman–Crippen MR) is 59.4 cm³/mol. The third-order valence-corrected chi connectivity index (χ3v) is 3.38. The number of hydrogen-bond donors (Lipinski definition) is 0. The van der Waals surface area contributed by atoms with Crippen molar-refractivity contribution in [2.75, 3.05) is 13.6 Å². The van der Waals surface area contributed by atoms with Crippen LogP contribution < -0.4 is 0 Å². The molecule has 1 fully saturated rings. The Hall–Kier alpha value is 0.250. The van der Waals surface area contributed by atoms with Gasteiger partial charge in [-0.2, -0.15) is 0 Å². The average molecular weight is 204 g/mol. The van der Waals surface area contributed by atoms with Gasteiger partial charge in [0.05, 0.1) is 0 Å². The Kier molecular flexibility index (Phi) is 4.54. The molecule has 0 radical (unpaired) electrons. The second kappa shape index (κ2) is 5.21. The maximum Gasteiger partial charge on any atom is 0.0491 e. The second-order valence-corrected chi connectivity index (χ2v) is 5.26. The van der Waals surface area contributed by atoms with Crippen LogP contribution in [0.15, 0.2) is 0 Å². The highest BCUT2D eigenvalue weighted by atomic mass is 35.5. The van der Waals surface area contributed by atoms with Gasteiger partial charge in [0.15, 0.2) is 0 Å². The van der Waals surface area contributed by atoms with Crippen LogP contribution in [0.1, 0.15) is 39.5 Å². The summed E-state index contributed by atoms with van der Waals surface area (Å²) in [6.07, 6.45) is 5.17. The molecule has 2 atom stereocenters. The molecule has 1 saturated carbocycles. The summed E-state index contributed by atoms with van der Waals surface area (Å²) >= 11 is 6.32. The number of halogens is 1. The van der Waals surface area contributed by atoms with Gasteiger partial charge < -0.3 is 4.90 Å². The molecule has 1 aliphatic rings. The Morgan fingerprint density at radius 3 is 2.46 bits per heavy atom. The van der Waals surface area contributed by atoms with Gasteiger partial charge in [-0.15, -0.1) is 11.6 Å². The fourth-order valence-corrected chi connectivity index (χ4v) is 2.75. The van der Waals surface area contributed by atoms with Gasteiger partial charge in [0.2, 0.25) is 0 Å². The van der Waals surface area contributed by atoms with Gasteiger partial charge in [0, 0.05) is 18.0 Å². The number of hydrogen-bond acceptors (Lipinski definition) is 1. The lowest BCUT2D eigenvalue weighted by molar-refractivity contribution is 0.178. The van der Waals surface area contributed by atoms with Gasteiger partial charge >= 0.3 is 0 Å². The zero-order valence-corrected chi connectivity index (χ0v) is 9.85. The SMILES string of the molecule is CC(C)CN(C)C1CCCCC1Cl. The smallest absolute Gasteiger partial charge is 0.0491 e. The molecular weight excluding hydrogens is 182 g/mol. The molecule has 0 aliphatic heterocycles. The minimum Gasteiger partial charge on any atom is -0.302 e. The summed E-state index contributed by atoms with van der Waals surface area (Å²) in [6, 6.07) is 0.623. The summed E-state index contributed by atoms with van der Waals surface area (Å²) in [6.45, 7) is 5.71. The number of nitrogens with zero attached hydrogens (tertiary/aromatic N) is 1. The molecule has 1 rings (SSSR count). The largest absolute Gasteiger partial charge is 0.302 e. The van der Waals surface area contributed by atoms with Crippen LogP contribution in [0.25, 0.3) is 0 Å². The Morgan fingerprint density at radius 1 is 1.31 bits per heavy atom. The van der Waals surface area contributed by atoms with E-state index >= 15 is 0 Å². The summed E-state index contributed by atoms with van der Waals surface area (Å²) in [7, 11) is 2.21. The first kappa shape index (κ1) is 11.3. The minimum atomic E-state index is 0.387. The van der Waals surface area contributed by atoms with Crippen molar-refractivity contribution in [2.45, 2.75) is 50.9 Å². The fraction of sp³-hybridized carbons (Fsp3) is 1.00. The maximum absolute atomic E-state index is 6.32. The molecule has 0 spiro atoms.